The molecule has 0 bridgehead atoms. The Kier molecular flexibility index (Phi) is 11.4. The molecule has 1 aliphatic carbocycles. The lowest BCUT2D eigenvalue weighted by Crippen LogP contribution is -2.58. The minimum Gasteiger partial charge on any atom is -0.489 e. The topological polar surface area (TPSA) is 135 Å². The highest BCUT2D eigenvalue weighted by Crippen LogP contribution is 2.37. The van der Waals surface area contributed by atoms with Gasteiger partial charge in [-0.15, -0.1) is 0 Å². The Morgan fingerprint density at radius 1 is 1.08 bits per heavy atom. The number of alkyl halides is 2. The Morgan fingerprint density at radius 2 is 1.82 bits per heavy atom. The summed E-state index contributed by atoms with van der Waals surface area (Å²) in [5.74, 6) is -2.69. The predicted molar refractivity (Wildman–Crippen MR) is 175 cm³/mol. The van der Waals surface area contributed by atoms with E-state index in [0.29, 0.717) is 18.6 Å². The molecule has 3 amide bonds. The maximum absolute atomic E-state index is 14.2. The Hall–Kier alpha value is -4.86. The molecule has 2 N–H and O–H groups in total. The fourth-order valence-electron chi connectivity index (χ4n) is 5.26. The third-order valence-corrected chi connectivity index (χ3v) is 8.11. The molecule has 1 saturated carbocycles. The van der Waals surface area contributed by atoms with Crippen LogP contribution in [0.1, 0.15) is 68.4 Å². The molecular weight excluding hydrogens is 678 g/mol. The lowest BCUT2D eigenvalue weighted by molar-refractivity contribution is -0.127. The molecule has 0 spiro atoms. The van der Waals surface area contributed by atoms with E-state index in [-0.39, 0.29) is 66.1 Å². The van der Waals surface area contributed by atoms with Crippen LogP contribution in [0.4, 0.5) is 22.4 Å². The summed E-state index contributed by atoms with van der Waals surface area (Å²) < 4.78 is 75.7. The molecule has 2 fully saturated rings. The second-order valence-electron chi connectivity index (χ2n) is 13.4. The normalized spacial score (nSPS) is 17.2. The summed E-state index contributed by atoms with van der Waals surface area (Å²) in [6.45, 7) is 3.82. The number of ether oxygens (including phenoxy) is 3. The number of oxazole rings is 1. The van der Waals surface area contributed by atoms with E-state index in [0.717, 1.165) is 18.9 Å². The van der Waals surface area contributed by atoms with E-state index in [1.165, 1.54) is 34.1 Å². The smallest absolute Gasteiger partial charge is 0.408 e. The zero-order chi connectivity index (χ0) is 37.0. The number of amides is 3. The van der Waals surface area contributed by atoms with Crippen LogP contribution < -0.4 is 20.1 Å². The van der Waals surface area contributed by atoms with Crippen LogP contribution in [0.15, 0.2) is 40.8 Å². The van der Waals surface area contributed by atoms with Crippen molar-refractivity contribution in [1.29, 1.82) is 0 Å². The maximum Gasteiger partial charge on any atom is 0.408 e. The van der Waals surface area contributed by atoms with Gasteiger partial charge in [0.1, 0.15) is 23.3 Å². The molecule has 1 saturated heterocycles. The summed E-state index contributed by atoms with van der Waals surface area (Å²) >= 11 is 0. The largest absolute Gasteiger partial charge is 0.489 e. The minimum atomic E-state index is -3.09. The van der Waals surface area contributed by atoms with Crippen LogP contribution in [0.5, 0.6) is 11.5 Å². The van der Waals surface area contributed by atoms with Crippen LogP contribution in [-0.4, -0.2) is 77.2 Å². The first-order valence-corrected chi connectivity index (χ1v) is 16.4. The molecule has 5 rings (SSSR count). The number of nitrogens with one attached hydrogen (secondary N) is 2. The maximum atomic E-state index is 14.2. The van der Waals surface area contributed by atoms with E-state index in [4.69, 9.17) is 13.9 Å². The molecule has 12 nitrogen and oxygen atoms in total. The van der Waals surface area contributed by atoms with Crippen molar-refractivity contribution in [3.63, 3.8) is 0 Å². The van der Waals surface area contributed by atoms with Crippen molar-refractivity contribution in [3.05, 3.63) is 72.1 Å². The molecule has 16 heteroatoms. The monoisotopic (exact) mass is 718 g/mol. The molecule has 3 aromatic rings. The molecule has 1 unspecified atom stereocenters. The molecule has 1 radical (unpaired) electrons. The first-order valence-electron chi connectivity index (χ1n) is 16.4. The first-order chi connectivity index (χ1) is 24.1. The number of hydrogen-bond acceptors (Lipinski definition) is 9. The van der Waals surface area contributed by atoms with Crippen molar-refractivity contribution < 1.29 is 50.6 Å². The fourth-order valence-corrected chi connectivity index (χ4v) is 5.26. The van der Waals surface area contributed by atoms with Gasteiger partial charge in [0.05, 0.1) is 12.6 Å². The van der Waals surface area contributed by atoms with E-state index in [1.807, 2.05) is 0 Å². The Morgan fingerprint density at radius 3 is 2.49 bits per heavy atom. The zero-order valence-corrected chi connectivity index (χ0v) is 28.6. The number of carbonyl (C=O) groups is 3. The number of piperazine rings is 1. The number of hydrogen-bond donors (Lipinski definition) is 2. The van der Waals surface area contributed by atoms with Gasteiger partial charge in [-0.05, 0) is 70.7 Å². The van der Waals surface area contributed by atoms with Crippen molar-refractivity contribution >= 4 is 17.9 Å². The van der Waals surface area contributed by atoms with Gasteiger partial charge in [0.2, 0.25) is 11.8 Å². The third kappa shape index (κ3) is 9.90. The van der Waals surface area contributed by atoms with Gasteiger partial charge in [0.25, 0.3) is 5.91 Å². The second-order valence-corrected chi connectivity index (χ2v) is 13.4. The summed E-state index contributed by atoms with van der Waals surface area (Å²) in [5.41, 5.74) is -0.642. The van der Waals surface area contributed by atoms with Gasteiger partial charge in [0.15, 0.2) is 23.0 Å². The van der Waals surface area contributed by atoms with Crippen molar-refractivity contribution in [2.45, 2.75) is 71.4 Å². The number of benzene rings is 2. The standard InChI is InChI=1S/C35H40F4N5O7/c1-19(41-34(47)51-35(2,3)4)29-28(42-31(50-29)21-9-11-26(49-33(38)39)27(14-21)48-18-20-6-7-20)32(46)44-13-12-43(5)25(17-44)30(45)40-16-22-8-10-23(36)15-24(22)37/h8-11,14-15,19-20,25,33H,5-7,12-13,16-18H2,1-4H3,(H,40,45)(H,41,47)/t19-,25?/m0/s1. The molecule has 275 valence electrons. The summed E-state index contributed by atoms with van der Waals surface area (Å²) in [4.78, 5) is 47.3. The quantitative estimate of drug-likeness (QED) is 0.222. The van der Waals surface area contributed by atoms with Gasteiger partial charge in [-0.1, -0.05) is 6.07 Å². The molecular formula is C35H40F4N5O7. The molecule has 1 aromatic heterocycles. The number of aromatic nitrogens is 1. The highest BCUT2D eigenvalue weighted by Gasteiger charge is 2.36. The molecule has 2 aliphatic rings. The SMILES string of the molecule is [CH2]N1CCN(C(=O)c2nc(-c3ccc(OC(F)F)c(OCC4CC4)c3)oc2[C@H](C)NC(=O)OC(C)(C)C)CC1C(=O)NCc1ccc(F)cc1F. The summed E-state index contributed by atoms with van der Waals surface area (Å²) in [5, 5.41) is 5.25. The van der Waals surface area contributed by atoms with Crippen LogP contribution >= 0.6 is 0 Å². The van der Waals surface area contributed by atoms with Crippen molar-refractivity contribution in [2.24, 2.45) is 5.92 Å². The number of rotatable bonds is 12. The van der Waals surface area contributed by atoms with Crippen molar-refractivity contribution in [2.75, 3.05) is 26.2 Å². The molecule has 51 heavy (non-hydrogen) atoms. The molecule has 2 aromatic carbocycles. The van der Waals surface area contributed by atoms with Gasteiger partial charge < -0.3 is 34.2 Å². The van der Waals surface area contributed by atoms with Gasteiger partial charge in [-0.25, -0.2) is 18.6 Å². The van der Waals surface area contributed by atoms with Crippen LogP contribution in [0, 0.1) is 24.6 Å². The second kappa shape index (κ2) is 15.6. The van der Waals surface area contributed by atoms with Gasteiger partial charge in [-0.3, -0.25) is 14.5 Å². The van der Waals surface area contributed by atoms with Gasteiger partial charge in [-0.2, -0.15) is 8.78 Å². The van der Waals surface area contributed by atoms with E-state index < -0.39 is 53.8 Å². The number of carbonyl (C=O) groups excluding carboxylic acids is 3. The molecule has 2 heterocycles. The Bertz CT molecular complexity index is 1740. The number of alkyl carbamates (subject to hydrolysis) is 1. The van der Waals surface area contributed by atoms with E-state index in [1.54, 1.807) is 27.7 Å². The first kappa shape index (κ1) is 37.4. The summed E-state index contributed by atoms with van der Waals surface area (Å²) in [6.07, 6.45) is 1.13. The van der Waals surface area contributed by atoms with Crippen molar-refractivity contribution in [1.82, 2.24) is 25.4 Å². The van der Waals surface area contributed by atoms with Crippen molar-refractivity contribution in [3.8, 4) is 23.0 Å². The van der Waals surface area contributed by atoms with Gasteiger partial charge in [0, 0.05) is 50.4 Å². The summed E-state index contributed by atoms with van der Waals surface area (Å²) in [7, 11) is 3.91. The minimum absolute atomic E-state index is 0.0287. The number of halogens is 4. The third-order valence-electron chi connectivity index (χ3n) is 8.11. The van der Waals surface area contributed by atoms with Crippen LogP contribution in [0.3, 0.4) is 0 Å². The predicted octanol–water partition coefficient (Wildman–Crippen LogP) is 5.83. The highest BCUT2D eigenvalue weighted by molar-refractivity contribution is 5.95. The lowest BCUT2D eigenvalue weighted by atomic mass is 10.1. The van der Waals surface area contributed by atoms with Crippen LogP contribution in [0.25, 0.3) is 11.5 Å². The molecule has 1 aliphatic heterocycles. The number of nitrogens with zero attached hydrogens (tertiary/aromatic N) is 3. The van der Waals surface area contributed by atoms with Gasteiger partial charge >= 0.3 is 12.7 Å². The Labute approximate surface area is 292 Å². The van der Waals surface area contributed by atoms with Crippen LogP contribution in [0.2, 0.25) is 0 Å². The summed E-state index contributed by atoms with van der Waals surface area (Å²) in [6, 6.07) is 5.26. The highest BCUT2D eigenvalue weighted by atomic mass is 19.3. The molecule has 2 atom stereocenters. The van der Waals surface area contributed by atoms with E-state index >= 15 is 0 Å². The lowest BCUT2D eigenvalue weighted by Gasteiger charge is -2.38. The average Bonchev–Trinajstić information content (AvgIpc) is 3.77. The van der Waals surface area contributed by atoms with E-state index in [2.05, 4.69) is 27.4 Å². The van der Waals surface area contributed by atoms with E-state index in [9.17, 15) is 31.9 Å². The fraction of sp³-hybridized carbons (Fsp3) is 0.457. The van der Waals surface area contributed by atoms with Crippen LogP contribution in [-0.2, 0) is 16.1 Å². The zero-order valence-electron chi connectivity index (χ0n) is 28.6. The Balaban J connectivity index is 1.41. The average molecular weight is 719 g/mol.